The van der Waals surface area contributed by atoms with Crippen molar-refractivity contribution < 1.29 is 8.78 Å². The minimum absolute atomic E-state index is 0. The maximum absolute atomic E-state index is 14.7. The lowest BCUT2D eigenvalue weighted by atomic mass is 10.1. The van der Waals surface area contributed by atoms with Crippen molar-refractivity contribution in [2.75, 3.05) is 44.7 Å². The molecule has 1 heterocycles. The minimum Gasteiger partial charge on any atom is -0.367 e. The second-order valence-electron chi connectivity index (χ2n) is 7.08. The fourth-order valence-electron chi connectivity index (χ4n) is 3.45. The summed E-state index contributed by atoms with van der Waals surface area (Å²) in [5.41, 5.74) is 2.05. The summed E-state index contributed by atoms with van der Waals surface area (Å²) in [4.78, 5) is 8.61. The molecule has 8 heteroatoms. The Morgan fingerprint density at radius 1 is 0.967 bits per heavy atom. The molecule has 1 saturated heterocycles. The van der Waals surface area contributed by atoms with Crippen molar-refractivity contribution in [2.45, 2.75) is 20.0 Å². The molecule has 2 aromatic rings. The summed E-state index contributed by atoms with van der Waals surface area (Å²) in [5.74, 6) is 0.0739. The topological polar surface area (TPSA) is 42.9 Å². The fourth-order valence-corrected chi connectivity index (χ4v) is 3.45. The number of halogens is 3. The fraction of sp³-hybridized carbons (Fsp3) is 0.409. The number of hydrogen-bond acceptors (Lipinski definition) is 3. The number of piperazine rings is 1. The summed E-state index contributed by atoms with van der Waals surface area (Å²) in [7, 11) is 1.65. The number of likely N-dealkylation sites (N-methyl/N-ethyl adjacent to an activating group) is 1. The van der Waals surface area contributed by atoms with E-state index in [-0.39, 0.29) is 35.6 Å². The molecule has 0 bridgehead atoms. The number of rotatable bonds is 6. The molecule has 5 nitrogen and oxygen atoms in total. The summed E-state index contributed by atoms with van der Waals surface area (Å²) in [6, 6.07) is 12.0. The molecule has 164 valence electrons. The predicted molar refractivity (Wildman–Crippen MR) is 130 cm³/mol. The van der Waals surface area contributed by atoms with Gasteiger partial charge in [0.05, 0.1) is 5.69 Å². The normalized spacial score (nSPS) is 14.9. The van der Waals surface area contributed by atoms with Crippen LogP contribution >= 0.6 is 24.0 Å². The van der Waals surface area contributed by atoms with E-state index in [2.05, 4.69) is 32.3 Å². The largest absolute Gasteiger partial charge is 0.367 e. The summed E-state index contributed by atoms with van der Waals surface area (Å²) in [5, 5.41) is 6.22. The monoisotopic (exact) mass is 529 g/mol. The van der Waals surface area contributed by atoms with Gasteiger partial charge in [-0.05, 0) is 30.3 Å². The van der Waals surface area contributed by atoms with Gasteiger partial charge in [0.15, 0.2) is 5.96 Å². The van der Waals surface area contributed by atoms with E-state index in [4.69, 9.17) is 0 Å². The molecule has 0 atom stereocenters. The SMILES string of the molecule is CCN1CCN(c2ccc(CNC(=NC)NCc3ccccc3F)cc2F)CC1.I. The molecule has 0 amide bonds. The molecule has 2 aromatic carbocycles. The molecule has 0 spiro atoms. The standard InChI is InChI=1S/C22H29F2N5.HI/c1-3-28-10-12-29(13-11-28)21-9-8-17(14-20(21)24)15-26-22(25-2)27-16-18-6-4-5-7-19(18)23;/h4-9,14H,3,10-13,15-16H2,1-2H3,(H2,25,26,27);1H. The van der Waals surface area contributed by atoms with Gasteiger partial charge in [0, 0.05) is 51.9 Å². The van der Waals surface area contributed by atoms with Crippen LogP contribution in [0, 0.1) is 11.6 Å². The molecule has 1 aliphatic rings. The van der Waals surface area contributed by atoms with Gasteiger partial charge in [-0.15, -0.1) is 24.0 Å². The molecule has 30 heavy (non-hydrogen) atoms. The molecule has 1 fully saturated rings. The zero-order valence-corrected chi connectivity index (χ0v) is 19.8. The Morgan fingerprint density at radius 3 is 2.30 bits per heavy atom. The van der Waals surface area contributed by atoms with Crippen molar-refractivity contribution in [3.63, 3.8) is 0 Å². The van der Waals surface area contributed by atoms with Gasteiger partial charge in [-0.3, -0.25) is 4.99 Å². The summed E-state index contributed by atoms with van der Waals surface area (Å²) < 4.78 is 28.4. The van der Waals surface area contributed by atoms with Gasteiger partial charge in [0.1, 0.15) is 11.6 Å². The highest BCUT2D eigenvalue weighted by molar-refractivity contribution is 14.0. The molecule has 2 N–H and O–H groups in total. The Bertz CT molecular complexity index is 838. The number of guanidine groups is 1. The third-order valence-electron chi connectivity index (χ3n) is 5.26. The maximum atomic E-state index is 14.7. The van der Waals surface area contributed by atoms with Crippen LogP contribution in [0.4, 0.5) is 14.5 Å². The molecular weight excluding hydrogens is 499 g/mol. The Kier molecular flexibility index (Phi) is 9.77. The Balaban J connectivity index is 0.00000320. The molecule has 0 aliphatic carbocycles. The van der Waals surface area contributed by atoms with Gasteiger partial charge in [0.2, 0.25) is 0 Å². The van der Waals surface area contributed by atoms with E-state index in [0.717, 1.165) is 38.3 Å². The van der Waals surface area contributed by atoms with Crippen LogP contribution in [0.1, 0.15) is 18.1 Å². The first-order valence-corrected chi connectivity index (χ1v) is 10.0. The van der Waals surface area contributed by atoms with Crippen molar-refractivity contribution >= 4 is 35.6 Å². The van der Waals surface area contributed by atoms with E-state index in [1.54, 1.807) is 31.3 Å². The Hall–Kier alpha value is -1.94. The van der Waals surface area contributed by atoms with Crippen LogP contribution in [0.25, 0.3) is 0 Å². The lowest BCUT2D eigenvalue weighted by Crippen LogP contribution is -2.46. The van der Waals surface area contributed by atoms with Crippen LogP contribution in [-0.2, 0) is 13.1 Å². The second kappa shape index (κ2) is 12.0. The third kappa shape index (κ3) is 6.53. The predicted octanol–water partition coefficient (Wildman–Crippen LogP) is 3.59. The molecule has 0 saturated carbocycles. The highest BCUT2D eigenvalue weighted by Gasteiger charge is 2.18. The Morgan fingerprint density at radius 2 is 1.67 bits per heavy atom. The zero-order chi connectivity index (χ0) is 20.6. The van der Waals surface area contributed by atoms with Gasteiger partial charge in [0.25, 0.3) is 0 Å². The number of nitrogens with zero attached hydrogens (tertiary/aromatic N) is 3. The molecule has 3 rings (SSSR count). The highest BCUT2D eigenvalue weighted by Crippen LogP contribution is 2.22. The van der Waals surface area contributed by atoms with E-state index in [1.165, 1.54) is 6.07 Å². The van der Waals surface area contributed by atoms with Crippen molar-refractivity contribution in [2.24, 2.45) is 4.99 Å². The summed E-state index contributed by atoms with van der Waals surface area (Å²) in [6.07, 6.45) is 0. The Labute approximate surface area is 194 Å². The number of nitrogens with one attached hydrogen (secondary N) is 2. The van der Waals surface area contributed by atoms with Gasteiger partial charge in [-0.2, -0.15) is 0 Å². The van der Waals surface area contributed by atoms with Crippen molar-refractivity contribution in [3.8, 4) is 0 Å². The van der Waals surface area contributed by atoms with Crippen molar-refractivity contribution in [1.82, 2.24) is 15.5 Å². The first-order valence-electron chi connectivity index (χ1n) is 10.0. The van der Waals surface area contributed by atoms with Gasteiger partial charge in [-0.25, -0.2) is 8.78 Å². The number of anilines is 1. The van der Waals surface area contributed by atoms with Crippen LogP contribution in [0.3, 0.4) is 0 Å². The zero-order valence-electron chi connectivity index (χ0n) is 17.5. The lowest BCUT2D eigenvalue weighted by Gasteiger charge is -2.35. The average Bonchev–Trinajstić information content (AvgIpc) is 2.75. The van der Waals surface area contributed by atoms with E-state index >= 15 is 0 Å². The summed E-state index contributed by atoms with van der Waals surface area (Å²) in [6.45, 7) is 7.54. The number of benzene rings is 2. The third-order valence-corrected chi connectivity index (χ3v) is 5.26. The quantitative estimate of drug-likeness (QED) is 0.341. The van der Waals surface area contributed by atoms with E-state index in [0.29, 0.717) is 30.3 Å². The summed E-state index contributed by atoms with van der Waals surface area (Å²) >= 11 is 0. The van der Waals surface area contributed by atoms with Crippen LogP contribution < -0.4 is 15.5 Å². The minimum atomic E-state index is -0.257. The van der Waals surface area contributed by atoms with Crippen molar-refractivity contribution in [3.05, 3.63) is 65.2 Å². The van der Waals surface area contributed by atoms with Crippen LogP contribution in [-0.4, -0.2) is 50.6 Å². The molecular formula is C22H30F2IN5. The van der Waals surface area contributed by atoms with E-state index in [9.17, 15) is 8.78 Å². The van der Waals surface area contributed by atoms with E-state index < -0.39 is 0 Å². The first kappa shape index (κ1) is 24.3. The maximum Gasteiger partial charge on any atom is 0.191 e. The number of aliphatic imine (C=N–C) groups is 1. The van der Waals surface area contributed by atoms with Gasteiger partial charge >= 0.3 is 0 Å². The average molecular weight is 529 g/mol. The highest BCUT2D eigenvalue weighted by atomic mass is 127. The number of hydrogen-bond donors (Lipinski definition) is 2. The second-order valence-corrected chi connectivity index (χ2v) is 7.08. The van der Waals surface area contributed by atoms with Crippen LogP contribution in [0.15, 0.2) is 47.5 Å². The smallest absolute Gasteiger partial charge is 0.191 e. The molecule has 0 aromatic heterocycles. The van der Waals surface area contributed by atoms with Crippen LogP contribution in [0.5, 0.6) is 0 Å². The van der Waals surface area contributed by atoms with E-state index in [1.807, 2.05) is 12.1 Å². The van der Waals surface area contributed by atoms with Gasteiger partial charge in [-0.1, -0.05) is 31.2 Å². The first-order chi connectivity index (χ1) is 14.1. The van der Waals surface area contributed by atoms with Crippen molar-refractivity contribution in [1.29, 1.82) is 0 Å². The molecule has 0 radical (unpaired) electrons. The molecule has 0 unspecified atom stereocenters. The van der Waals surface area contributed by atoms with Gasteiger partial charge < -0.3 is 20.4 Å². The van der Waals surface area contributed by atoms with Crippen LogP contribution in [0.2, 0.25) is 0 Å². The lowest BCUT2D eigenvalue weighted by molar-refractivity contribution is 0.270. The molecule has 1 aliphatic heterocycles.